The predicted octanol–water partition coefficient (Wildman–Crippen LogP) is 6.61. The van der Waals surface area contributed by atoms with E-state index < -0.39 is 0 Å². The zero-order valence-electron chi connectivity index (χ0n) is 16.7. The molecule has 0 bridgehead atoms. The maximum absolute atomic E-state index is 6.30. The van der Waals surface area contributed by atoms with E-state index in [4.69, 9.17) is 32.7 Å². The van der Waals surface area contributed by atoms with Gasteiger partial charge in [0.2, 0.25) is 0 Å². The van der Waals surface area contributed by atoms with Crippen molar-refractivity contribution >= 4 is 35.0 Å². The highest BCUT2D eigenvalue weighted by molar-refractivity contribution is 7.98. The molecule has 8 heteroatoms. The van der Waals surface area contributed by atoms with Gasteiger partial charge >= 0.3 is 0 Å². The highest BCUT2D eigenvalue weighted by atomic mass is 35.5. The first kappa shape index (κ1) is 21.8. The topological polar surface area (TPSA) is 49.2 Å². The zero-order valence-corrected chi connectivity index (χ0v) is 19.1. The average molecular weight is 452 g/mol. The maximum Gasteiger partial charge on any atom is 0.191 e. The molecule has 0 aliphatic rings. The Morgan fingerprint density at radius 3 is 2.41 bits per heavy atom. The Morgan fingerprint density at radius 1 is 1.03 bits per heavy atom. The van der Waals surface area contributed by atoms with Crippen LogP contribution in [-0.2, 0) is 5.75 Å². The van der Waals surface area contributed by atoms with Gasteiger partial charge in [0, 0.05) is 21.8 Å². The van der Waals surface area contributed by atoms with E-state index in [0.29, 0.717) is 27.3 Å². The molecule has 1 aromatic heterocycles. The fourth-order valence-electron chi connectivity index (χ4n) is 2.89. The molecule has 0 radical (unpaired) electrons. The molecular formula is C21H23Cl2N3O2S. The second-order valence-electron chi connectivity index (χ2n) is 6.74. The molecule has 1 heterocycles. The summed E-state index contributed by atoms with van der Waals surface area (Å²) in [5.41, 5.74) is 0.999. The van der Waals surface area contributed by atoms with E-state index >= 15 is 0 Å². The first-order valence-electron chi connectivity index (χ1n) is 9.22. The molecular weight excluding hydrogens is 429 g/mol. The Kier molecular flexibility index (Phi) is 7.33. The number of methoxy groups -OCH3 is 1. The van der Waals surface area contributed by atoms with Crippen LogP contribution in [-0.4, -0.2) is 21.9 Å². The maximum atomic E-state index is 6.30. The number of hydrogen-bond donors (Lipinski definition) is 0. The predicted molar refractivity (Wildman–Crippen MR) is 118 cm³/mol. The molecule has 1 atom stereocenters. The third-order valence-electron chi connectivity index (χ3n) is 4.32. The fraction of sp³-hybridized carbons (Fsp3) is 0.333. The SMILES string of the molecule is COc1ccccc1OC(C)c1nnc(SCc2ccc(Cl)cc2Cl)n1C(C)C. The molecule has 0 saturated carbocycles. The molecule has 3 aromatic rings. The number of hydrogen-bond acceptors (Lipinski definition) is 5. The molecule has 29 heavy (non-hydrogen) atoms. The van der Waals surface area contributed by atoms with Crippen molar-refractivity contribution in [2.24, 2.45) is 0 Å². The third-order valence-corrected chi connectivity index (χ3v) is 5.89. The number of nitrogens with zero attached hydrogens (tertiary/aromatic N) is 3. The van der Waals surface area contributed by atoms with Gasteiger partial charge in [-0.3, -0.25) is 0 Å². The van der Waals surface area contributed by atoms with E-state index in [2.05, 4.69) is 28.6 Å². The van der Waals surface area contributed by atoms with Crippen molar-refractivity contribution < 1.29 is 9.47 Å². The minimum Gasteiger partial charge on any atom is -0.493 e. The second-order valence-corrected chi connectivity index (χ2v) is 8.53. The van der Waals surface area contributed by atoms with Crippen molar-refractivity contribution in [3.8, 4) is 11.5 Å². The van der Waals surface area contributed by atoms with Crippen LogP contribution in [0.2, 0.25) is 10.0 Å². The summed E-state index contributed by atoms with van der Waals surface area (Å²) in [6.07, 6.45) is -0.297. The number of halogens is 2. The molecule has 0 aliphatic carbocycles. The van der Waals surface area contributed by atoms with Gasteiger partial charge in [-0.2, -0.15) is 0 Å². The lowest BCUT2D eigenvalue weighted by atomic mass is 10.2. The van der Waals surface area contributed by atoms with Crippen LogP contribution in [0.3, 0.4) is 0 Å². The Hall–Kier alpha value is -1.89. The quantitative estimate of drug-likeness (QED) is 0.360. The fourth-order valence-corrected chi connectivity index (χ4v) is 4.52. The van der Waals surface area contributed by atoms with E-state index in [1.165, 1.54) is 0 Å². The Labute approximate surface area is 185 Å². The van der Waals surface area contributed by atoms with Crippen LogP contribution in [0.1, 0.15) is 44.3 Å². The molecule has 0 spiro atoms. The smallest absolute Gasteiger partial charge is 0.191 e. The molecule has 0 fully saturated rings. The second kappa shape index (κ2) is 9.74. The summed E-state index contributed by atoms with van der Waals surface area (Å²) >= 11 is 13.9. The van der Waals surface area contributed by atoms with Crippen molar-refractivity contribution in [1.82, 2.24) is 14.8 Å². The van der Waals surface area contributed by atoms with Crippen LogP contribution < -0.4 is 9.47 Å². The molecule has 0 aliphatic heterocycles. The summed E-state index contributed by atoms with van der Waals surface area (Å²) in [7, 11) is 1.63. The molecule has 0 amide bonds. The Morgan fingerprint density at radius 2 is 1.76 bits per heavy atom. The van der Waals surface area contributed by atoms with Gasteiger partial charge in [0.15, 0.2) is 28.6 Å². The number of thioether (sulfide) groups is 1. The summed E-state index contributed by atoms with van der Waals surface area (Å²) in [6, 6.07) is 13.3. The Bertz CT molecular complexity index is 978. The van der Waals surface area contributed by atoms with Gasteiger partial charge in [0.1, 0.15) is 0 Å². The third kappa shape index (κ3) is 5.18. The van der Waals surface area contributed by atoms with E-state index in [1.807, 2.05) is 43.3 Å². The van der Waals surface area contributed by atoms with Gasteiger partial charge in [-0.15, -0.1) is 10.2 Å². The van der Waals surface area contributed by atoms with Gasteiger partial charge < -0.3 is 14.0 Å². The highest BCUT2D eigenvalue weighted by Crippen LogP contribution is 2.33. The van der Waals surface area contributed by atoms with Crippen LogP contribution >= 0.6 is 35.0 Å². The molecule has 0 saturated heterocycles. The van der Waals surface area contributed by atoms with Crippen molar-refractivity contribution in [2.45, 2.75) is 43.8 Å². The number of aromatic nitrogens is 3. The first-order valence-corrected chi connectivity index (χ1v) is 11.0. The Balaban J connectivity index is 1.80. The van der Waals surface area contributed by atoms with Crippen LogP contribution in [0.5, 0.6) is 11.5 Å². The van der Waals surface area contributed by atoms with Gasteiger partial charge in [0.05, 0.1) is 7.11 Å². The molecule has 3 rings (SSSR count). The number of benzene rings is 2. The highest BCUT2D eigenvalue weighted by Gasteiger charge is 2.22. The van der Waals surface area contributed by atoms with Crippen LogP contribution in [0.15, 0.2) is 47.6 Å². The molecule has 154 valence electrons. The normalized spacial score (nSPS) is 12.2. The largest absolute Gasteiger partial charge is 0.493 e. The molecule has 5 nitrogen and oxygen atoms in total. The van der Waals surface area contributed by atoms with E-state index in [-0.39, 0.29) is 12.1 Å². The van der Waals surface area contributed by atoms with E-state index in [1.54, 1.807) is 24.9 Å². The van der Waals surface area contributed by atoms with Crippen LogP contribution in [0, 0.1) is 0 Å². The lowest BCUT2D eigenvalue weighted by Gasteiger charge is -2.20. The number of para-hydroxylation sites is 2. The van der Waals surface area contributed by atoms with E-state index in [0.717, 1.165) is 16.5 Å². The van der Waals surface area contributed by atoms with Gasteiger partial charge in [-0.1, -0.05) is 53.2 Å². The van der Waals surface area contributed by atoms with Gasteiger partial charge in [0.25, 0.3) is 0 Å². The van der Waals surface area contributed by atoms with Crippen LogP contribution in [0.4, 0.5) is 0 Å². The summed E-state index contributed by atoms with van der Waals surface area (Å²) in [4.78, 5) is 0. The van der Waals surface area contributed by atoms with Crippen LogP contribution in [0.25, 0.3) is 0 Å². The minimum absolute atomic E-state index is 0.173. The summed E-state index contributed by atoms with van der Waals surface area (Å²) in [5.74, 6) is 2.78. The minimum atomic E-state index is -0.297. The number of ether oxygens (including phenoxy) is 2. The number of rotatable bonds is 8. The lowest BCUT2D eigenvalue weighted by Crippen LogP contribution is -2.14. The molecule has 2 aromatic carbocycles. The van der Waals surface area contributed by atoms with Crippen molar-refractivity contribution in [1.29, 1.82) is 0 Å². The van der Waals surface area contributed by atoms with Crippen molar-refractivity contribution in [2.75, 3.05) is 7.11 Å². The van der Waals surface area contributed by atoms with Crippen molar-refractivity contribution in [3.63, 3.8) is 0 Å². The van der Waals surface area contributed by atoms with Gasteiger partial charge in [-0.25, -0.2) is 0 Å². The zero-order chi connectivity index (χ0) is 21.0. The summed E-state index contributed by atoms with van der Waals surface area (Å²) in [6.45, 7) is 6.16. The van der Waals surface area contributed by atoms with Crippen molar-refractivity contribution in [3.05, 3.63) is 63.9 Å². The van der Waals surface area contributed by atoms with Gasteiger partial charge in [-0.05, 0) is 50.6 Å². The summed E-state index contributed by atoms with van der Waals surface area (Å²) < 4.78 is 13.6. The summed E-state index contributed by atoms with van der Waals surface area (Å²) in [5, 5.41) is 10.9. The lowest BCUT2D eigenvalue weighted by molar-refractivity contribution is 0.198. The average Bonchev–Trinajstić information content (AvgIpc) is 3.12. The first-order chi connectivity index (χ1) is 13.9. The monoisotopic (exact) mass is 451 g/mol. The molecule has 0 N–H and O–H groups in total. The molecule has 1 unspecified atom stereocenters. The van der Waals surface area contributed by atoms with E-state index in [9.17, 15) is 0 Å². The standard InChI is InChI=1S/C21H23Cl2N3O2S/c1-13(2)26-20(14(3)28-19-8-6-5-7-18(19)27-4)24-25-21(26)29-12-15-9-10-16(22)11-17(15)23/h5-11,13-14H,12H2,1-4H3.